The molecule has 0 bridgehead atoms. The van der Waals surface area contributed by atoms with Crippen LogP contribution in [0.1, 0.15) is 30.7 Å². The number of benzene rings is 1. The van der Waals surface area contributed by atoms with Gasteiger partial charge in [-0.25, -0.2) is 0 Å². The van der Waals surface area contributed by atoms with E-state index in [0.29, 0.717) is 11.6 Å². The predicted octanol–water partition coefficient (Wildman–Crippen LogP) is 2.69. The number of aromatic nitrogens is 1. The van der Waals surface area contributed by atoms with Crippen LogP contribution in [-0.2, 0) is 4.79 Å². The maximum atomic E-state index is 13.0. The Kier molecular flexibility index (Phi) is 5.83. The summed E-state index contributed by atoms with van der Waals surface area (Å²) in [6.07, 6.45) is 1.16. The zero-order valence-electron chi connectivity index (χ0n) is 14.9. The molecule has 2 heterocycles. The Labute approximate surface area is 148 Å². The molecule has 1 amide bonds. The van der Waals surface area contributed by atoms with Crippen molar-refractivity contribution >= 4 is 11.7 Å². The number of hydrogen-bond donors (Lipinski definition) is 1. The molecule has 1 aliphatic rings. The number of nitrogens with one attached hydrogen (secondary N) is 1. The van der Waals surface area contributed by atoms with Crippen molar-refractivity contribution in [3.05, 3.63) is 47.7 Å². The number of carbonyl (C=O) groups excluding carboxylic acids is 1. The third-order valence-corrected chi connectivity index (χ3v) is 4.55. The molecule has 3 rings (SSSR count). The van der Waals surface area contributed by atoms with Crippen molar-refractivity contribution in [2.45, 2.75) is 26.3 Å². The molecule has 1 aromatic carbocycles. The number of piperazine rings is 1. The van der Waals surface area contributed by atoms with Gasteiger partial charge in [0.05, 0.1) is 0 Å². The minimum atomic E-state index is -0.318. The highest BCUT2D eigenvalue weighted by Gasteiger charge is 2.30. The van der Waals surface area contributed by atoms with Gasteiger partial charge in [-0.15, -0.1) is 0 Å². The van der Waals surface area contributed by atoms with E-state index in [1.807, 2.05) is 37.3 Å². The van der Waals surface area contributed by atoms with Gasteiger partial charge in [0.2, 0.25) is 5.91 Å². The normalized spacial score (nSPS) is 17.4. The molecule has 6 heteroatoms. The third kappa shape index (κ3) is 4.46. The van der Waals surface area contributed by atoms with Crippen molar-refractivity contribution in [1.82, 2.24) is 15.0 Å². The van der Waals surface area contributed by atoms with Gasteiger partial charge < -0.3 is 14.7 Å². The van der Waals surface area contributed by atoms with E-state index >= 15 is 0 Å². The van der Waals surface area contributed by atoms with E-state index in [1.165, 1.54) is 0 Å². The fraction of sp³-hybridized carbons (Fsp3) is 0.474. The highest BCUT2D eigenvalue weighted by molar-refractivity contribution is 5.94. The van der Waals surface area contributed by atoms with Gasteiger partial charge in [-0.1, -0.05) is 42.4 Å². The Morgan fingerprint density at radius 1 is 1.24 bits per heavy atom. The van der Waals surface area contributed by atoms with Crippen molar-refractivity contribution in [2.24, 2.45) is 0 Å². The quantitative estimate of drug-likeness (QED) is 0.874. The van der Waals surface area contributed by atoms with Crippen LogP contribution in [0.5, 0.6) is 0 Å². The van der Waals surface area contributed by atoms with Crippen molar-refractivity contribution in [3.8, 4) is 0 Å². The summed E-state index contributed by atoms with van der Waals surface area (Å²) in [5.74, 6) is 1.08. The highest BCUT2D eigenvalue weighted by atomic mass is 16.5. The predicted molar refractivity (Wildman–Crippen MR) is 97.4 cm³/mol. The molecule has 2 aromatic rings. The highest BCUT2D eigenvalue weighted by Crippen LogP contribution is 2.24. The van der Waals surface area contributed by atoms with Gasteiger partial charge in [0, 0.05) is 32.2 Å². The number of amides is 1. The lowest BCUT2D eigenvalue weighted by Gasteiger charge is -2.38. The van der Waals surface area contributed by atoms with Crippen molar-refractivity contribution < 1.29 is 9.32 Å². The Morgan fingerprint density at radius 3 is 2.56 bits per heavy atom. The zero-order chi connectivity index (χ0) is 17.6. The maximum Gasteiger partial charge on any atom is 0.247 e. The second kappa shape index (κ2) is 8.27. The monoisotopic (exact) mass is 342 g/mol. The first-order chi connectivity index (χ1) is 12.2. The van der Waals surface area contributed by atoms with Crippen molar-refractivity contribution in [1.29, 1.82) is 0 Å². The lowest BCUT2D eigenvalue weighted by Crippen LogP contribution is -2.50. The SMILES string of the molecule is CCCN1CCN([C@@H](C(=O)Nc2cc(C)on2)c2ccccc2)CC1. The van der Waals surface area contributed by atoms with Gasteiger partial charge in [0.15, 0.2) is 5.82 Å². The zero-order valence-corrected chi connectivity index (χ0v) is 14.9. The number of rotatable bonds is 6. The van der Waals surface area contributed by atoms with Gasteiger partial charge >= 0.3 is 0 Å². The Bertz CT molecular complexity index is 678. The average Bonchev–Trinajstić information content (AvgIpc) is 3.03. The molecule has 1 fully saturated rings. The van der Waals surface area contributed by atoms with Crippen LogP contribution in [0.3, 0.4) is 0 Å². The first-order valence-electron chi connectivity index (χ1n) is 8.93. The lowest BCUT2D eigenvalue weighted by molar-refractivity contribution is -0.122. The molecular weight excluding hydrogens is 316 g/mol. The Balaban J connectivity index is 1.75. The van der Waals surface area contributed by atoms with Crippen LogP contribution in [0.15, 0.2) is 40.9 Å². The lowest BCUT2D eigenvalue weighted by atomic mass is 10.0. The van der Waals surface area contributed by atoms with E-state index in [2.05, 4.69) is 27.2 Å². The summed E-state index contributed by atoms with van der Waals surface area (Å²) in [5, 5.41) is 6.78. The molecule has 1 atom stereocenters. The fourth-order valence-electron chi connectivity index (χ4n) is 3.34. The Morgan fingerprint density at radius 2 is 1.96 bits per heavy atom. The van der Waals surface area contributed by atoms with Crippen LogP contribution >= 0.6 is 0 Å². The van der Waals surface area contributed by atoms with Crippen LogP contribution in [0.25, 0.3) is 0 Å². The summed E-state index contributed by atoms with van der Waals surface area (Å²) in [4.78, 5) is 17.7. The summed E-state index contributed by atoms with van der Waals surface area (Å²) in [6.45, 7) is 8.88. The van der Waals surface area contributed by atoms with Gasteiger partial charge in [0.25, 0.3) is 0 Å². The Hall–Kier alpha value is -2.18. The first-order valence-corrected chi connectivity index (χ1v) is 8.93. The van der Waals surface area contributed by atoms with Gasteiger partial charge in [-0.3, -0.25) is 9.69 Å². The summed E-state index contributed by atoms with van der Waals surface area (Å²) in [5.41, 5.74) is 1.00. The van der Waals surface area contributed by atoms with E-state index in [9.17, 15) is 4.79 Å². The number of nitrogens with zero attached hydrogens (tertiary/aromatic N) is 3. The minimum Gasteiger partial charge on any atom is -0.360 e. The van der Waals surface area contributed by atoms with Gasteiger partial charge in [-0.05, 0) is 25.5 Å². The summed E-state index contributed by atoms with van der Waals surface area (Å²) >= 11 is 0. The van der Waals surface area contributed by atoms with E-state index in [-0.39, 0.29) is 11.9 Å². The van der Waals surface area contributed by atoms with E-state index in [1.54, 1.807) is 6.07 Å². The number of aryl methyl sites for hydroxylation is 1. The van der Waals surface area contributed by atoms with E-state index in [4.69, 9.17) is 4.52 Å². The van der Waals surface area contributed by atoms with Crippen LogP contribution in [0.2, 0.25) is 0 Å². The fourth-order valence-corrected chi connectivity index (χ4v) is 3.34. The molecule has 1 N–H and O–H groups in total. The molecule has 25 heavy (non-hydrogen) atoms. The van der Waals surface area contributed by atoms with Gasteiger partial charge in [-0.2, -0.15) is 0 Å². The molecular formula is C19H26N4O2. The molecule has 1 aromatic heterocycles. The molecule has 0 saturated carbocycles. The minimum absolute atomic E-state index is 0.0663. The number of hydrogen-bond acceptors (Lipinski definition) is 5. The maximum absolute atomic E-state index is 13.0. The number of anilines is 1. The van der Waals surface area contributed by atoms with Crippen LogP contribution in [0.4, 0.5) is 5.82 Å². The second-order valence-corrected chi connectivity index (χ2v) is 6.50. The molecule has 0 unspecified atom stereocenters. The summed E-state index contributed by atoms with van der Waals surface area (Å²) < 4.78 is 5.05. The summed E-state index contributed by atoms with van der Waals surface area (Å²) in [7, 11) is 0. The van der Waals surface area contributed by atoms with E-state index < -0.39 is 0 Å². The standard InChI is InChI=1S/C19H26N4O2/c1-3-9-22-10-12-23(13-11-22)18(16-7-5-4-6-8-16)19(24)20-17-14-15(2)25-21-17/h4-8,14,18H,3,9-13H2,1-2H3,(H,20,21,24)/t18-/m1/s1. The molecule has 1 saturated heterocycles. The average molecular weight is 342 g/mol. The third-order valence-electron chi connectivity index (χ3n) is 4.55. The van der Waals surface area contributed by atoms with E-state index in [0.717, 1.165) is 44.7 Å². The summed E-state index contributed by atoms with van der Waals surface area (Å²) in [6, 6.07) is 11.4. The molecule has 0 spiro atoms. The van der Waals surface area contributed by atoms with Gasteiger partial charge in [0.1, 0.15) is 11.8 Å². The second-order valence-electron chi connectivity index (χ2n) is 6.50. The topological polar surface area (TPSA) is 61.6 Å². The molecule has 6 nitrogen and oxygen atoms in total. The van der Waals surface area contributed by atoms with Crippen molar-refractivity contribution in [2.75, 3.05) is 38.0 Å². The molecule has 0 radical (unpaired) electrons. The van der Waals surface area contributed by atoms with Crippen LogP contribution < -0.4 is 5.32 Å². The molecule has 0 aliphatic carbocycles. The van der Waals surface area contributed by atoms with Crippen molar-refractivity contribution in [3.63, 3.8) is 0 Å². The molecule has 134 valence electrons. The molecule has 1 aliphatic heterocycles. The van der Waals surface area contributed by atoms with Crippen LogP contribution in [-0.4, -0.2) is 53.6 Å². The first kappa shape index (κ1) is 17.6. The smallest absolute Gasteiger partial charge is 0.247 e. The largest absolute Gasteiger partial charge is 0.360 e. The van der Waals surface area contributed by atoms with Crippen LogP contribution in [0, 0.1) is 6.92 Å². The number of carbonyl (C=O) groups is 1.